The van der Waals surface area contributed by atoms with E-state index in [1.54, 1.807) is 6.92 Å². The van der Waals surface area contributed by atoms with Crippen LogP contribution in [-0.2, 0) is 5.60 Å². The zero-order valence-electron chi connectivity index (χ0n) is 10.9. The number of rotatable bonds is 2. The van der Waals surface area contributed by atoms with Gasteiger partial charge in [-0.25, -0.2) is 0 Å². The first-order chi connectivity index (χ1) is 9.10. The van der Waals surface area contributed by atoms with E-state index >= 15 is 0 Å². The number of hydrogen-bond acceptors (Lipinski definition) is 1. The molecule has 0 aliphatic heterocycles. The van der Waals surface area contributed by atoms with E-state index in [0.29, 0.717) is 5.57 Å². The fraction of sp³-hybridized carbons (Fsp3) is 0.111. The summed E-state index contributed by atoms with van der Waals surface area (Å²) < 4.78 is 0. The first-order valence-corrected chi connectivity index (χ1v) is 6.15. The zero-order valence-corrected chi connectivity index (χ0v) is 10.9. The van der Waals surface area contributed by atoms with Crippen LogP contribution in [0.5, 0.6) is 0 Å². The number of benzene rings is 2. The van der Waals surface area contributed by atoms with E-state index in [2.05, 4.69) is 18.4 Å². The molecule has 19 heavy (non-hydrogen) atoms. The molecule has 1 atom stereocenters. The summed E-state index contributed by atoms with van der Waals surface area (Å²) in [6.07, 6.45) is 0. The molecule has 2 aromatic rings. The number of hydrogen-bond donors (Lipinski definition) is 1. The molecule has 94 valence electrons. The largest absolute Gasteiger partial charge is 0.380 e. The summed E-state index contributed by atoms with van der Waals surface area (Å²) in [7, 11) is 0. The molecule has 0 radical (unpaired) electrons. The van der Waals surface area contributed by atoms with Crippen molar-refractivity contribution in [1.29, 1.82) is 0 Å². The van der Waals surface area contributed by atoms with Gasteiger partial charge in [0.2, 0.25) is 0 Å². The van der Waals surface area contributed by atoms with Crippen LogP contribution in [0.3, 0.4) is 0 Å². The molecular formula is C18H16O. The maximum absolute atomic E-state index is 10.5. The average molecular weight is 248 g/mol. The highest BCUT2D eigenvalue weighted by Gasteiger charge is 2.25. The molecule has 0 fully saturated rings. The standard InChI is InChI=1S/C18H16O/c1-15(13-14-16-9-5-3-6-10-16)18(2,19)17-11-7-4-8-12-17/h3-12,19H,1H2,2H3. The SMILES string of the molecule is C=C(C#Cc1ccccc1)C(C)(O)c1ccccc1. The van der Waals surface area contributed by atoms with Crippen molar-refractivity contribution in [3.05, 3.63) is 83.9 Å². The van der Waals surface area contributed by atoms with Crippen LogP contribution in [0.15, 0.2) is 72.8 Å². The lowest BCUT2D eigenvalue weighted by molar-refractivity contribution is 0.103. The molecule has 0 aromatic heterocycles. The second-order valence-electron chi connectivity index (χ2n) is 4.53. The van der Waals surface area contributed by atoms with Gasteiger partial charge in [-0.2, -0.15) is 0 Å². The minimum Gasteiger partial charge on any atom is -0.380 e. The summed E-state index contributed by atoms with van der Waals surface area (Å²) >= 11 is 0. The van der Waals surface area contributed by atoms with Gasteiger partial charge in [-0.3, -0.25) is 0 Å². The molecule has 0 bridgehead atoms. The Balaban J connectivity index is 2.23. The van der Waals surface area contributed by atoms with E-state index < -0.39 is 5.60 Å². The van der Waals surface area contributed by atoms with Crippen molar-refractivity contribution in [2.45, 2.75) is 12.5 Å². The molecule has 0 saturated carbocycles. The molecule has 1 N–H and O–H groups in total. The van der Waals surface area contributed by atoms with E-state index in [1.165, 1.54) is 0 Å². The summed E-state index contributed by atoms with van der Waals surface area (Å²) in [5.74, 6) is 5.95. The van der Waals surface area contributed by atoms with Gasteiger partial charge in [-0.15, -0.1) is 0 Å². The van der Waals surface area contributed by atoms with Crippen LogP contribution in [0.4, 0.5) is 0 Å². The molecule has 0 aliphatic carbocycles. The van der Waals surface area contributed by atoms with Crippen molar-refractivity contribution in [3.63, 3.8) is 0 Å². The van der Waals surface area contributed by atoms with E-state index in [0.717, 1.165) is 11.1 Å². The van der Waals surface area contributed by atoms with Gasteiger partial charge < -0.3 is 5.11 Å². The fourth-order valence-corrected chi connectivity index (χ4v) is 1.73. The van der Waals surface area contributed by atoms with Gasteiger partial charge in [0.25, 0.3) is 0 Å². The lowest BCUT2D eigenvalue weighted by Gasteiger charge is -2.23. The maximum atomic E-state index is 10.5. The van der Waals surface area contributed by atoms with Crippen molar-refractivity contribution in [3.8, 4) is 11.8 Å². The Morgan fingerprint density at radius 1 is 1.00 bits per heavy atom. The normalized spacial score (nSPS) is 12.9. The van der Waals surface area contributed by atoms with Gasteiger partial charge in [-0.05, 0) is 24.6 Å². The monoisotopic (exact) mass is 248 g/mol. The van der Waals surface area contributed by atoms with Crippen molar-refractivity contribution in [1.82, 2.24) is 0 Å². The topological polar surface area (TPSA) is 20.2 Å². The van der Waals surface area contributed by atoms with Crippen LogP contribution in [0.2, 0.25) is 0 Å². The lowest BCUT2D eigenvalue weighted by Crippen LogP contribution is -2.22. The van der Waals surface area contributed by atoms with Crippen LogP contribution in [0.1, 0.15) is 18.1 Å². The second-order valence-corrected chi connectivity index (χ2v) is 4.53. The van der Waals surface area contributed by atoms with Crippen molar-refractivity contribution in [2.24, 2.45) is 0 Å². The van der Waals surface area contributed by atoms with E-state index in [4.69, 9.17) is 0 Å². The minimum absolute atomic E-state index is 0.488. The molecule has 1 unspecified atom stereocenters. The molecule has 0 saturated heterocycles. The van der Waals surface area contributed by atoms with Crippen molar-refractivity contribution < 1.29 is 5.11 Å². The first-order valence-electron chi connectivity index (χ1n) is 6.15. The molecule has 0 heterocycles. The van der Waals surface area contributed by atoms with Gasteiger partial charge in [0.1, 0.15) is 5.60 Å². The Morgan fingerprint density at radius 2 is 1.53 bits per heavy atom. The molecule has 0 spiro atoms. The highest BCUT2D eigenvalue weighted by Crippen LogP contribution is 2.27. The third-order valence-electron chi connectivity index (χ3n) is 3.06. The molecule has 2 aromatic carbocycles. The minimum atomic E-state index is -1.14. The average Bonchev–Trinajstić information content (AvgIpc) is 2.46. The van der Waals surface area contributed by atoms with Crippen molar-refractivity contribution >= 4 is 0 Å². The van der Waals surface area contributed by atoms with E-state index in [1.807, 2.05) is 60.7 Å². The summed E-state index contributed by atoms with van der Waals surface area (Å²) in [5.41, 5.74) is 1.06. The van der Waals surface area contributed by atoms with Gasteiger partial charge >= 0.3 is 0 Å². The van der Waals surface area contributed by atoms with E-state index in [9.17, 15) is 5.11 Å². The Labute approximate surface area is 114 Å². The second kappa shape index (κ2) is 5.56. The van der Waals surface area contributed by atoms with Gasteiger partial charge in [0, 0.05) is 11.1 Å². The molecular weight excluding hydrogens is 232 g/mol. The Hall–Kier alpha value is -2.30. The highest BCUT2D eigenvalue weighted by atomic mass is 16.3. The highest BCUT2D eigenvalue weighted by molar-refractivity contribution is 5.45. The summed E-state index contributed by atoms with van der Waals surface area (Å²) in [5, 5.41) is 10.5. The Morgan fingerprint density at radius 3 is 2.11 bits per heavy atom. The first kappa shape index (κ1) is 13.1. The molecule has 0 amide bonds. The molecule has 2 rings (SSSR count). The van der Waals surface area contributed by atoms with Crippen LogP contribution in [0.25, 0.3) is 0 Å². The Bertz CT molecular complexity index is 613. The smallest absolute Gasteiger partial charge is 0.119 e. The molecule has 0 aliphatic rings. The predicted octanol–water partition coefficient (Wildman–Crippen LogP) is 3.50. The summed E-state index contributed by atoms with van der Waals surface area (Å²) in [6, 6.07) is 19.1. The lowest BCUT2D eigenvalue weighted by atomic mass is 9.89. The fourth-order valence-electron chi connectivity index (χ4n) is 1.73. The third-order valence-corrected chi connectivity index (χ3v) is 3.06. The summed E-state index contributed by atoms with van der Waals surface area (Å²) in [4.78, 5) is 0. The predicted molar refractivity (Wildman–Crippen MR) is 78.5 cm³/mol. The molecule has 1 nitrogen and oxygen atoms in total. The quantitative estimate of drug-likeness (QED) is 0.806. The van der Waals surface area contributed by atoms with Crippen LogP contribution >= 0.6 is 0 Å². The van der Waals surface area contributed by atoms with E-state index in [-0.39, 0.29) is 0 Å². The van der Waals surface area contributed by atoms with Crippen LogP contribution < -0.4 is 0 Å². The summed E-state index contributed by atoms with van der Waals surface area (Å²) in [6.45, 7) is 5.61. The van der Waals surface area contributed by atoms with Crippen LogP contribution in [-0.4, -0.2) is 5.11 Å². The van der Waals surface area contributed by atoms with Crippen molar-refractivity contribution in [2.75, 3.05) is 0 Å². The number of aliphatic hydroxyl groups is 1. The van der Waals surface area contributed by atoms with Crippen LogP contribution in [0, 0.1) is 11.8 Å². The molecule has 1 heteroatoms. The van der Waals surface area contributed by atoms with Gasteiger partial charge in [-0.1, -0.05) is 67.0 Å². The zero-order chi connectivity index (χ0) is 13.7. The third kappa shape index (κ3) is 3.13. The maximum Gasteiger partial charge on any atom is 0.119 e. The Kier molecular flexibility index (Phi) is 3.85. The van der Waals surface area contributed by atoms with Gasteiger partial charge in [0.05, 0.1) is 0 Å². The van der Waals surface area contributed by atoms with Gasteiger partial charge in [0.15, 0.2) is 0 Å².